The number of nitrogens with one attached hydrogen (secondary N) is 1. The number of furan rings is 1. The number of hydrogen-bond acceptors (Lipinski definition) is 5. The monoisotopic (exact) mass is 347 g/mol. The van der Waals surface area contributed by atoms with Crippen LogP contribution in [-0.2, 0) is 19.5 Å². The Labute approximate surface area is 149 Å². The van der Waals surface area contributed by atoms with E-state index in [0.717, 1.165) is 49.7 Å². The molecule has 0 fully saturated rings. The van der Waals surface area contributed by atoms with Gasteiger partial charge in [0.2, 0.25) is 0 Å². The lowest BCUT2D eigenvalue weighted by molar-refractivity contribution is 0.0908. The highest BCUT2D eigenvalue weighted by Crippen LogP contribution is 2.19. The van der Waals surface area contributed by atoms with Crippen molar-refractivity contribution < 1.29 is 9.21 Å². The topological polar surface area (TPSA) is 76.2 Å². The quantitative estimate of drug-likeness (QED) is 0.755. The van der Waals surface area contributed by atoms with E-state index >= 15 is 0 Å². The van der Waals surface area contributed by atoms with Crippen molar-refractivity contribution in [3.8, 4) is 0 Å². The smallest absolute Gasteiger partial charge is 0.287 e. The van der Waals surface area contributed by atoms with Gasteiger partial charge in [-0.05, 0) is 33.0 Å². The number of amides is 1. The van der Waals surface area contributed by atoms with Gasteiger partial charge in [-0.25, -0.2) is 0 Å². The third-order valence-electron chi connectivity index (χ3n) is 4.45. The van der Waals surface area contributed by atoms with E-state index in [9.17, 15) is 4.79 Å². The van der Waals surface area contributed by atoms with E-state index in [1.165, 1.54) is 0 Å². The minimum Gasteiger partial charge on any atom is -0.456 e. The van der Waals surface area contributed by atoms with Crippen molar-refractivity contribution in [1.29, 1.82) is 0 Å². The van der Waals surface area contributed by atoms with Crippen molar-refractivity contribution in [1.82, 2.24) is 25.0 Å². The molecule has 0 aliphatic heterocycles. The van der Waals surface area contributed by atoms with Crippen molar-refractivity contribution >= 4 is 5.91 Å². The molecule has 7 nitrogen and oxygen atoms in total. The first-order valence-electron chi connectivity index (χ1n) is 9.06. The molecule has 0 bridgehead atoms. The zero-order valence-electron chi connectivity index (χ0n) is 15.9. The SMILES string of the molecule is CCc1oc(C(=O)N[C@H](C)c2nncn2CC)cc1CN(CC)CC. The van der Waals surface area contributed by atoms with E-state index < -0.39 is 0 Å². The molecule has 138 valence electrons. The third kappa shape index (κ3) is 4.48. The van der Waals surface area contributed by atoms with Crippen LogP contribution in [-0.4, -0.2) is 38.7 Å². The lowest BCUT2D eigenvalue weighted by Gasteiger charge is -2.17. The molecule has 2 aromatic rings. The molecule has 0 spiro atoms. The van der Waals surface area contributed by atoms with Crippen LogP contribution in [0.15, 0.2) is 16.8 Å². The number of hydrogen-bond donors (Lipinski definition) is 1. The van der Waals surface area contributed by atoms with Gasteiger partial charge in [-0.3, -0.25) is 9.69 Å². The first kappa shape index (κ1) is 19.2. The van der Waals surface area contributed by atoms with Gasteiger partial charge in [0.25, 0.3) is 5.91 Å². The molecule has 0 aromatic carbocycles. The number of aryl methyl sites for hydroxylation is 2. The van der Waals surface area contributed by atoms with Crippen LogP contribution >= 0.6 is 0 Å². The molecule has 0 unspecified atom stereocenters. The van der Waals surface area contributed by atoms with Crippen LogP contribution < -0.4 is 5.32 Å². The van der Waals surface area contributed by atoms with Crippen LogP contribution in [0.5, 0.6) is 0 Å². The van der Waals surface area contributed by atoms with Crippen molar-refractivity contribution in [2.75, 3.05) is 13.1 Å². The first-order valence-corrected chi connectivity index (χ1v) is 9.06. The second-order valence-corrected chi connectivity index (χ2v) is 6.04. The van der Waals surface area contributed by atoms with Crippen LogP contribution in [0, 0.1) is 0 Å². The van der Waals surface area contributed by atoms with E-state index in [1.54, 1.807) is 6.33 Å². The summed E-state index contributed by atoms with van der Waals surface area (Å²) >= 11 is 0. The summed E-state index contributed by atoms with van der Waals surface area (Å²) in [5, 5.41) is 11.0. The molecule has 0 saturated heterocycles. The van der Waals surface area contributed by atoms with Gasteiger partial charge in [-0.2, -0.15) is 0 Å². The molecule has 1 amide bonds. The molecular formula is C18H29N5O2. The number of carbonyl (C=O) groups excluding carboxylic acids is 1. The molecule has 2 aromatic heterocycles. The minimum atomic E-state index is -0.239. The summed E-state index contributed by atoms with van der Waals surface area (Å²) in [6.45, 7) is 13.7. The maximum Gasteiger partial charge on any atom is 0.287 e. The number of nitrogens with zero attached hydrogens (tertiary/aromatic N) is 4. The molecule has 2 rings (SSSR count). The summed E-state index contributed by atoms with van der Waals surface area (Å²) in [6, 6.07) is 1.63. The molecule has 1 N–H and O–H groups in total. The van der Waals surface area contributed by atoms with Crippen LogP contribution in [0.2, 0.25) is 0 Å². The Morgan fingerprint density at radius 2 is 2.04 bits per heavy atom. The minimum absolute atomic E-state index is 0.223. The van der Waals surface area contributed by atoms with Gasteiger partial charge in [-0.1, -0.05) is 20.8 Å². The normalized spacial score (nSPS) is 12.6. The first-order chi connectivity index (χ1) is 12.0. The molecule has 0 aliphatic carbocycles. The highest BCUT2D eigenvalue weighted by molar-refractivity contribution is 5.92. The average molecular weight is 347 g/mol. The van der Waals surface area contributed by atoms with Gasteiger partial charge >= 0.3 is 0 Å². The van der Waals surface area contributed by atoms with Crippen molar-refractivity contribution in [3.05, 3.63) is 35.3 Å². The molecular weight excluding hydrogens is 318 g/mol. The summed E-state index contributed by atoms with van der Waals surface area (Å²) in [4.78, 5) is 14.9. The van der Waals surface area contributed by atoms with Crippen molar-refractivity contribution in [2.24, 2.45) is 0 Å². The number of rotatable bonds is 9. The second kappa shape index (κ2) is 8.80. The Bertz CT molecular complexity index is 687. The summed E-state index contributed by atoms with van der Waals surface area (Å²) in [5.41, 5.74) is 1.08. The van der Waals surface area contributed by atoms with E-state index in [2.05, 4.69) is 34.3 Å². The zero-order chi connectivity index (χ0) is 18.4. The fraction of sp³-hybridized carbons (Fsp3) is 0.611. The average Bonchev–Trinajstić information content (AvgIpc) is 3.25. The Hall–Kier alpha value is -2.15. The van der Waals surface area contributed by atoms with Gasteiger partial charge in [-0.15, -0.1) is 10.2 Å². The molecule has 2 heterocycles. The number of carbonyl (C=O) groups is 1. The summed E-state index contributed by atoms with van der Waals surface area (Å²) < 4.78 is 7.72. The standard InChI is InChI=1S/C18H29N5O2/c1-6-15-14(11-22(7-2)8-3)10-16(25-15)18(24)20-13(5)17-21-19-12-23(17)9-4/h10,12-13H,6-9,11H2,1-5H3,(H,20,24)/t13-/m1/s1. The largest absolute Gasteiger partial charge is 0.456 e. The third-order valence-corrected chi connectivity index (χ3v) is 4.45. The Morgan fingerprint density at radius 1 is 1.32 bits per heavy atom. The Balaban J connectivity index is 2.12. The van der Waals surface area contributed by atoms with Crippen LogP contribution in [0.4, 0.5) is 0 Å². The fourth-order valence-electron chi connectivity index (χ4n) is 2.87. The molecule has 25 heavy (non-hydrogen) atoms. The highest BCUT2D eigenvalue weighted by Gasteiger charge is 2.21. The van der Waals surface area contributed by atoms with Gasteiger partial charge in [0.15, 0.2) is 11.6 Å². The molecule has 0 saturated carbocycles. The second-order valence-electron chi connectivity index (χ2n) is 6.04. The Kier molecular flexibility index (Phi) is 6.75. The maximum atomic E-state index is 12.6. The van der Waals surface area contributed by atoms with E-state index in [-0.39, 0.29) is 11.9 Å². The Morgan fingerprint density at radius 3 is 2.64 bits per heavy atom. The lowest BCUT2D eigenvalue weighted by atomic mass is 10.2. The maximum absolute atomic E-state index is 12.6. The molecule has 0 aliphatic rings. The lowest BCUT2D eigenvalue weighted by Crippen LogP contribution is -2.28. The van der Waals surface area contributed by atoms with Gasteiger partial charge in [0.1, 0.15) is 12.1 Å². The molecule has 7 heteroatoms. The summed E-state index contributed by atoms with van der Waals surface area (Å²) in [7, 11) is 0. The van der Waals surface area contributed by atoms with E-state index in [0.29, 0.717) is 5.76 Å². The highest BCUT2D eigenvalue weighted by atomic mass is 16.4. The van der Waals surface area contributed by atoms with Crippen LogP contribution in [0.3, 0.4) is 0 Å². The van der Waals surface area contributed by atoms with E-state index in [4.69, 9.17) is 4.42 Å². The zero-order valence-corrected chi connectivity index (χ0v) is 15.9. The molecule has 0 radical (unpaired) electrons. The van der Waals surface area contributed by atoms with Gasteiger partial charge < -0.3 is 14.3 Å². The predicted molar refractivity (Wildman–Crippen MR) is 96.3 cm³/mol. The van der Waals surface area contributed by atoms with Gasteiger partial charge in [0, 0.05) is 25.1 Å². The molecule has 1 atom stereocenters. The van der Waals surface area contributed by atoms with Crippen molar-refractivity contribution in [2.45, 2.75) is 60.2 Å². The van der Waals surface area contributed by atoms with E-state index in [1.807, 2.05) is 31.4 Å². The number of aromatic nitrogens is 3. The fourth-order valence-corrected chi connectivity index (χ4v) is 2.87. The van der Waals surface area contributed by atoms with Crippen LogP contribution in [0.1, 0.15) is 68.4 Å². The van der Waals surface area contributed by atoms with Gasteiger partial charge in [0.05, 0.1) is 6.04 Å². The van der Waals surface area contributed by atoms with Crippen molar-refractivity contribution in [3.63, 3.8) is 0 Å². The summed E-state index contributed by atoms with van der Waals surface area (Å²) in [6.07, 6.45) is 2.44. The predicted octanol–water partition coefficient (Wildman–Crippen LogP) is 2.79. The van der Waals surface area contributed by atoms with Crippen LogP contribution in [0.25, 0.3) is 0 Å². The summed E-state index contributed by atoms with van der Waals surface area (Å²) in [5.74, 6) is 1.75.